The Morgan fingerprint density at radius 3 is 2.47 bits per heavy atom. The number of carbonyl (C=O) groups excluding carboxylic acids is 1. The van der Waals surface area contributed by atoms with Gasteiger partial charge in [0.15, 0.2) is 5.13 Å². The average Bonchev–Trinajstić information content (AvgIpc) is 3.28. The van der Waals surface area contributed by atoms with Crippen LogP contribution >= 0.6 is 23.1 Å². The molecule has 0 fully saturated rings. The van der Waals surface area contributed by atoms with Crippen LogP contribution in [0.15, 0.2) is 77.1 Å². The van der Waals surface area contributed by atoms with E-state index < -0.39 is 5.25 Å². The Balaban J connectivity index is 1.47. The molecule has 0 aliphatic heterocycles. The van der Waals surface area contributed by atoms with Gasteiger partial charge in [0.2, 0.25) is 5.91 Å². The van der Waals surface area contributed by atoms with Gasteiger partial charge in [0.25, 0.3) is 0 Å². The molecule has 2 aromatic carbocycles. The number of thioether (sulfide) groups is 1. The number of hydrogen-bond acceptors (Lipinski definition) is 6. The van der Waals surface area contributed by atoms with Crippen molar-refractivity contribution < 1.29 is 9.18 Å². The van der Waals surface area contributed by atoms with Crippen LogP contribution in [-0.4, -0.2) is 21.1 Å². The molecule has 0 saturated carbocycles. The fraction of sp³-hybridized carbons (Fsp3) is 0.0833. The smallest absolute Gasteiger partial charge is 0.239 e. The van der Waals surface area contributed by atoms with E-state index in [4.69, 9.17) is 0 Å². The van der Waals surface area contributed by atoms with Crippen molar-refractivity contribution in [1.82, 2.24) is 9.97 Å². The minimum absolute atomic E-state index is 0.245. The van der Waals surface area contributed by atoms with Crippen LogP contribution < -0.4 is 5.32 Å². The molecule has 5 nitrogen and oxygen atoms in total. The average molecular weight is 461 g/mol. The lowest BCUT2D eigenvalue weighted by atomic mass is 10.1. The number of carbonyl (C=O) groups is 1. The molecule has 1 amide bonds. The largest absolute Gasteiger partial charge is 0.301 e. The maximum atomic E-state index is 13.1. The number of thiazole rings is 1. The van der Waals surface area contributed by atoms with Gasteiger partial charge in [0, 0.05) is 16.5 Å². The van der Waals surface area contributed by atoms with E-state index in [0.717, 1.165) is 16.8 Å². The van der Waals surface area contributed by atoms with Gasteiger partial charge in [-0.25, -0.2) is 14.4 Å². The molecular formula is C24H17FN4OS2. The maximum Gasteiger partial charge on any atom is 0.239 e. The fourth-order valence-corrected chi connectivity index (χ4v) is 4.51. The van der Waals surface area contributed by atoms with E-state index in [1.54, 1.807) is 36.6 Å². The van der Waals surface area contributed by atoms with Gasteiger partial charge < -0.3 is 5.32 Å². The molecule has 1 unspecified atom stereocenters. The normalized spacial score (nSPS) is 11.5. The van der Waals surface area contributed by atoms with E-state index in [1.165, 1.54) is 35.2 Å². The summed E-state index contributed by atoms with van der Waals surface area (Å²) in [6.07, 6.45) is 0. The molecule has 158 valence electrons. The summed E-state index contributed by atoms with van der Waals surface area (Å²) in [5.74, 6) is -0.559. The number of nitrogens with zero attached hydrogens (tertiary/aromatic N) is 3. The first-order valence-electron chi connectivity index (χ1n) is 9.69. The van der Waals surface area contributed by atoms with Crippen LogP contribution in [0.25, 0.3) is 22.5 Å². The van der Waals surface area contributed by atoms with Crippen molar-refractivity contribution in [2.45, 2.75) is 17.2 Å². The molecule has 32 heavy (non-hydrogen) atoms. The van der Waals surface area contributed by atoms with Crippen LogP contribution in [0, 0.1) is 17.1 Å². The lowest BCUT2D eigenvalue weighted by Gasteiger charge is -2.12. The molecule has 0 saturated heterocycles. The molecule has 2 aromatic heterocycles. The molecule has 1 N–H and O–H groups in total. The van der Waals surface area contributed by atoms with Crippen LogP contribution in [-0.2, 0) is 4.79 Å². The Bertz CT molecular complexity index is 1280. The lowest BCUT2D eigenvalue weighted by Crippen LogP contribution is -2.22. The zero-order valence-corrected chi connectivity index (χ0v) is 18.6. The van der Waals surface area contributed by atoms with Crippen molar-refractivity contribution in [2.75, 3.05) is 5.32 Å². The maximum absolute atomic E-state index is 13.1. The molecule has 0 bridgehead atoms. The molecule has 0 aliphatic carbocycles. The highest BCUT2D eigenvalue weighted by molar-refractivity contribution is 8.00. The van der Waals surface area contributed by atoms with E-state index in [1.807, 2.05) is 30.3 Å². The summed E-state index contributed by atoms with van der Waals surface area (Å²) in [5, 5.41) is 14.5. The highest BCUT2D eigenvalue weighted by Gasteiger charge is 2.19. The zero-order chi connectivity index (χ0) is 22.5. The fourth-order valence-electron chi connectivity index (χ4n) is 2.90. The number of hydrogen-bond donors (Lipinski definition) is 1. The van der Waals surface area contributed by atoms with Crippen LogP contribution in [0.4, 0.5) is 9.52 Å². The molecule has 4 rings (SSSR count). The first kappa shape index (κ1) is 21.7. The Morgan fingerprint density at radius 1 is 1.03 bits per heavy atom. The van der Waals surface area contributed by atoms with Crippen LogP contribution in [0.3, 0.4) is 0 Å². The number of benzene rings is 2. The zero-order valence-electron chi connectivity index (χ0n) is 16.9. The molecule has 0 aliphatic rings. The minimum Gasteiger partial charge on any atom is -0.301 e. The Morgan fingerprint density at radius 2 is 1.75 bits per heavy atom. The van der Waals surface area contributed by atoms with E-state index in [9.17, 15) is 14.4 Å². The minimum atomic E-state index is -0.501. The second-order valence-corrected chi connectivity index (χ2v) is 9.01. The third kappa shape index (κ3) is 5.02. The quantitative estimate of drug-likeness (QED) is 0.357. The Hall–Kier alpha value is -3.54. The summed E-state index contributed by atoms with van der Waals surface area (Å²) in [7, 11) is 0. The van der Waals surface area contributed by atoms with E-state index in [-0.39, 0.29) is 11.7 Å². The van der Waals surface area contributed by atoms with Crippen molar-refractivity contribution in [3.8, 4) is 28.6 Å². The molecule has 0 spiro atoms. The van der Waals surface area contributed by atoms with Crippen LogP contribution in [0.2, 0.25) is 0 Å². The third-order valence-corrected chi connectivity index (χ3v) is 6.44. The van der Waals surface area contributed by atoms with Gasteiger partial charge in [-0.05, 0) is 43.3 Å². The number of halogens is 1. The van der Waals surface area contributed by atoms with Crippen molar-refractivity contribution >= 4 is 34.1 Å². The van der Waals surface area contributed by atoms with Crippen molar-refractivity contribution in [1.29, 1.82) is 5.26 Å². The van der Waals surface area contributed by atoms with Crippen LogP contribution in [0.1, 0.15) is 12.5 Å². The van der Waals surface area contributed by atoms with Crippen LogP contribution in [0.5, 0.6) is 0 Å². The van der Waals surface area contributed by atoms with Gasteiger partial charge in [0.1, 0.15) is 16.9 Å². The highest BCUT2D eigenvalue weighted by Crippen LogP contribution is 2.30. The summed E-state index contributed by atoms with van der Waals surface area (Å²) in [6, 6.07) is 21.3. The molecular weight excluding hydrogens is 443 g/mol. The molecule has 0 radical (unpaired) electrons. The number of amides is 1. The summed E-state index contributed by atoms with van der Waals surface area (Å²) < 4.78 is 13.1. The number of rotatable bonds is 6. The van der Waals surface area contributed by atoms with Crippen molar-refractivity contribution in [3.63, 3.8) is 0 Å². The molecule has 8 heteroatoms. The van der Waals surface area contributed by atoms with Gasteiger partial charge in [-0.1, -0.05) is 42.1 Å². The van der Waals surface area contributed by atoms with E-state index >= 15 is 0 Å². The van der Waals surface area contributed by atoms with E-state index in [0.29, 0.717) is 21.4 Å². The van der Waals surface area contributed by atoms with E-state index in [2.05, 4.69) is 21.4 Å². The number of nitrogens with one attached hydrogen (secondary N) is 1. The summed E-state index contributed by atoms with van der Waals surface area (Å²) in [6.45, 7) is 1.76. The molecule has 4 aromatic rings. The predicted octanol–water partition coefficient (Wildman–Crippen LogP) is 6.00. The first-order chi connectivity index (χ1) is 15.5. The molecule has 1 atom stereocenters. The third-order valence-electron chi connectivity index (χ3n) is 4.58. The summed E-state index contributed by atoms with van der Waals surface area (Å²) >= 11 is 2.52. The lowest BCUT2D eigenvalue weighted by molar-refractivity contribution is -0.115. The number of aromatic nitrogens is 2. The summed E-state index contributed by atoms with van der Waals surface area (Å²) in [4.78, 5) is 21.8. The molecule has 2 heterocycles. The second kappa shape index (κ2) is 9.73. The number of nitriles is 1. The number of pyridine rings is 1. The second-order valence-electron chi connectivity index (χ2n) is 6.82. The topological polar surface area (TPSA) is 78.7 Å². The van der Waals surface area contributed by atoms with Gasteiger partial charge in [-0.3, -0.25) is 4.79 Å². The standard InChI is InChI=1S/C24H17FN4OS2/c1-15(22(30)29-24-28-21(14-31-24)17-7-10-19(25)11-8-17)32-23-18(13-26)9-12-20(27-23)16-5-3-2-4-6-16/h2-12,14-15H,1H3,(H,28,29,30). The van der Waals surface area contributed by atoms with Gasteiger partial charge in [-0.2, -0.15) is 5.26 Å². The Labute approximate surface area is 193 Å². The Kier molecular flexibility index (Phi) is 6.59. The summed E-state index contributed by atoms with van der Waals surface area (Å²) in [5.41, 5.74) is 3.53. The van der Waals surface area contributed by atoms with Gasteiger partial charge in [0.05, 0.1) is 22.2 Å². The van der Waals surface area contributed by atoms with Crippen molar-refractivity contribution in [3.05, 3.63) is 83.5 Å². The predicted molar refractivity (Wildman–Crippen MR) is 126 cm³/mol. The SMILES string of the molecule is CC(Sc1nc(-c2ccccc2)ccc1C#N)C(=O)Nc1nc(-c2ccc(F)cc2)cs1. The van der Waals surface area contributed by atoms with Gasteiger partial charge >= 0.3 is 0 Å². The first-order valence-corrected chi connectivity index (χ1v) is 11.4. The van der Waals surface area contributed by atoms with Crippen molar-refractivity contribution in [2.24, 2.45) is 0 Å². The van der Waals surface area contributed by atoms with Gasteiger partial charge in [-0.15, -0.1) is 11.3 Å². The number of anilines is 1. The highest BCUT2D eigenvalue weighted by atomic mass is 32.2. The monoisotopic (exact) mass is 460 g/mol.